The minimum atomic E-state index is -1.66. The molecule has 1 unspecified atom stereocenters. The second-order valence-corrected chi connectivity index (χ2v) is 7.67. The van der Waals surface area contributed by atoms with Gasteiger partial charge >= 0.3 is 18.0 Å². The van der Waals surface area contributed by atoms with Crippen LogP contribution in [0.2, 0.25) is 0 Å². The van der Waals surface area contributed by atoms with Gasteiger partial charge in [0.25, 0.3) is 6.08 Å². The highest BCUT2D eigenvalue weighted by Gasteiger charge is 2.34. The Morgan fingerprint density at radius 2 is 1.71 bits per heavy atom. The van der Waals surface area contributed by atoms with E-state index >= 15 is 0 Å². The molecule has 10 heteroatoms. The molecule has 1 aromatic heterocycles. The number of anilines is 1. The minimum absolute atomic E-state index is 0.0410. The second kappa shape index (κ2) is 11.2. The summed E-state index contributed by atoms with van der Waals surface area (Å²) >= 11 is 0. The summed E-state index contributed by atoms with van der Waals surface area (Å²) in [5.41, 5.74) is 2.19. The molecule has 2 aliphatic rings. The van der Waals surface area contributed by atoms with Gasteiger partial charge in [0.1, 0.15) is 0 Å². The van der Waals surface area contributed by atoms with Crippen LogP contribution in [0.1, 0.15) is 29.9 Å². The molecule has 2 aliphatic heterocycles. The third-order valence-electron chi connectivity index (χ3n) is 5.55. The first kappa shape index (κ1) is 24.6. The van der Waals surface area contributed by atoms with E-state index in [1.165, 1.54) is 0 Å². The fraction of sp³-hybridized carbons (Fsp3) is 0.250. The molecule has 1 fully saturated rings. The van der Waals surface area contributed by atoms with Crippen molar-refractivity contribution in [3.63, 3.8) is 0 Å². The molecule has 2 N–H and O–H groups in total. The highest BCUT2D eigenvalue weighted by molar-refractivity contribution is 5.97. The lowest BCUT2D eigenvalue weighted by Crippen LogP contribution is -2.44. The number of nitrogens with zero attached hydrogens (tertiary/aromatic N) is 3. The fourth-order valence-corrected chi connectivity index (χ4v) is 3.97. The van der Waals surface area contributed by atoms with E-state index in [4.69, 9.17) is 10.2 Å². The molecular weight excluding hydrogens is 448 g/mol. The van der Waals surface area contributed by atoms with Crippen LogP contribution in [0.4, 0.5) is 19.3 Å². The first-order chi connectivity index (χ1) is 16.3. The van der Waals surface area contributed by atoms with Crippen molar-refractivity contribution in [2.45, 2.75) is 18.8 Å². The van der Waals surface area contributed by atoms with E-state index in [0.717, 1.165) is 12.0 Å². The predicted molar refractivity (Wildman–Crippen MR) is 121 cm³/mol. The van der Waals surface area contributed by atoms with Crippen LogP contribution in [0.5, 0.6) is 0 Å². The molecule has 34 heavy (non-hydrogen) atoms. The number of fused-ring (bicyclic) bond motifs is 1. The number of benzene rings is 1. The number of para-hydroxylation sites is 1. The van der Waals surface area contributed by atoms with E-state index in [2.05, 4.69) is 4.98 Å². The van der Waals surface area contributed by atoms with Crippen molar-refractivity contribution in [3.05, 3.63) is 78.2 Å². The lowest BCUT2D eigenvalue weighted by atomic mass is 9.97. The number of carbonyl (C=O) groups is 3. The van der Waals surface area contributed by atoms with Gasteiger partial charge in [0, 0.05) is 61.2 Å². The average molecular weight is 471 g/mol. The van der Waals surface area contributed by atoms with Gasteiger partial charge in [-0.15, -0.1) is 0 Å². The zero-order chi connectivity index (χ0) is 24.7. The molecule has 1 saturated heterocycles. The van der Waals surface area contributed by atoms with Gasteiger partial charge in [-0.25, -0.2) is 14.4 Å². The van der Waals surface area contributed by atoms with Crippen LogP contribution in [0, 0.1) is 0 Å². The van der Waals surface area contributed by atoms with Gasteiger partial charge in [-0.05, 0) is 30.5 Å². The number of aromatic nitrogens is 1. The van der Waals surface area contributed by atoms with Crippen molar-refractivity contribution >= 4 is 29.2 Å². The Hall–Kier alpha value is -4.08. The molecule has 8 nitrogen and oxygen atoms in total. The molecule has 0 saturated carbocycles. The van der Waals surface area contributed by atoms with Crippen molar-refractivity contribution in [1.82, 2.24) is 9.88 Å². The van der Waals surface area contributed by atoms with Crippen LogP contribution in [0.25, 0.3) is 5.57 Å². The number of carbonyl (C=O) groups excluding carboxylic acids is 1. The van der Waals surface area contributed by atoms with Crippen molar-refractivity contribution in [1.29, 1.82) is 0 Å². The molecule has 4 rings (SSSR count). The molecule has 3 heterocycles. The molecular formula is C24H23F2N3O5. The van der Waals surface area contributed by atoms with Gasteiger partial charge in [0.15, 0.2) is 0 Å². The number of pyridine rings is 1. The van der Waals surface area contributed by atoms with E-state index in [9.17, 15) is 23.2 Å². The summed E-state index contributed by atoms with van der Waals surface area (Å²) < 4.78 is 26.5. The Balaban J connectivity index is 0.000000350. The predicted octanol–water partition coefficient (Wildman–Crippen LogP) is 4.22. The van der Waals surface area contributed by atoms with Crippen LogP contribution < -0.4 is 4.90 Å². The first-order valence-corrected chi connectivity index (χ1v) is 10.5. The largest absolute Gasteiger partial charge is 0.478 e. The summed E-state index contributed by atoms with van der Waals surface area (Å²) in [7, 11) is 0. The third kappa shape index (κ3) is 6.03. The number of aliphatic carboxylic acids is 2. The fourth-order valence-electron chi connectivity index (χ4n) is 3.97. The van der Waals surface area contributed by atoms with Crippen molar-refractivity contribution in [3.8, 4) is 0 Å². The van der Waals surface area contributed by atoms with Gasteiger partial charge < -0.3 is 15.1 Å². The van der Waals surface area contributed by atoms with Gasteiger partial charge in [-0.1, -0.05) is 24.3 Å². The lowest BCUT2D eigenvalue weighted by Gasteiger charge is -2.33. The molecule has 2 amide bonds. The number of rotatable bonds is 3. The number of urea groups is 1. The second-order valence-electron chi connectivity index (χ2n) is 7.67. The van der Waals surface area contributed by atoms with Crippen LogP contribution in [0.15, 0.2) is 67.0 Å². The van der Waals surface area contributed by atoms with Gasteiger partial charge in [-0.2, -0.15) is 8.78 Å². The highest BCUT2D eigenvalue weighted by atomic mass is 19.3. The summed E-state index contributed by atoms with van der Waals surface area (Å²) in [4.78, 5) is 39.8. The van der Waals surface area contributed by atoms with Gasteiger partial charge in [0.05, 0.1) is 5.69 Å². The molecule has 0 bridgehead atoms. The molecule has 0 spiro atoms. The molecule has 1 aromatic carbocycles. The standard InChI is InChI=1S/C20H19F2N3O.C4H4O4/c21-19(22)17-8-11-25(18-6-2-1-5-16(17)18)20(26)24-10-7-15(13-24)14-4-3-9-23-12-14;5-3(6)1-2-4(7)8/h1-6,9,12,15H,7-8,10-11,13H2;1-2H,(H,5,6)(H,7,8)/b;2-1+. The van der Waals surface area contributed by atoms with Gasteiger partial charge in [0.2, 0.25) is 0 Å². The summed E-state index contributed by atoms with van der Waals surface area (Å²) in [5, 5.41) is 15.6. The van der Waals surface area contributed by atoms with Crippen molar-refractivity contribution < 1.29 is 33.4 Å². The van der Waals surface area contributed by atoms with E-state index in [0.29, 0.717) is 36.5 Å². The Bertz CT molecular complexity index is 1100. The highest BCUT2D eigenvalue weighted by Crippen LogP contribution is 2.38. The zero-order valence-electron chi connectivity index (χ0n) is 18.1. The summed E-state index contributed by atoms with van der Waals surface area (Å²) in [6.45, 7) is 1.57. The number of amides is 2. The number of halogens is 2. The molecule has 0 radical (unpaired) electrons. The molecule has 0 aliphatic carbocycles. The molecule has 1 atom stereocenters. The number of carboxylic acids is 2. The van der Waals surface area contributed by atoms with E-state index in [-0.39, 0.29) is 30.5 Å². The Morgan fingerprint density at radius 1 is 1.00 bits per heavy atom. The SMILES string of the molecule is O=C(N1CCC(c2cccnc2)C1)N1CCC(=C(F)F)c2ccccc21.O=C(O)/C=C/C(=O)O. The quantitative estimate of drug-likeness (QED) is 0.649. The number of hydrogen-bond donors (Lipinski definition) is 2. The van der Waals surface area contributed by atoms with Crippen molar-refractivity contribution in [2.24, 2.45) is 0 Å². The average Bonchev–Trinajstić information content (AvgIpc) is 3.33. The first-order valence-electron chi connectivity index (χ1n) is 10.5. The summed E-state index contributed by atoms with van der Waals surface area (Å²) in [6.07, 6.45) is 4.09. The number of likely N-dealkylation sites (tertiary alicyclic amines) is 1. The van der Waals surface area contributed by atoms with Crippen LogP contribution in [-0.2, 0) is 9.59 Å². The maximum absolute atomic E-state index is 13.2. The van der Waals surface area contributed by atoms with Crippen LogP contribution in [0.3, 0.4) is 0 Å². The Kier molecular flexibility index (Phi) is 8.07. The van der Waals surface area contributed by atoms with E-state index < -0.39 is 18.0 Å². The smallest absolute Gasteiger partial charge is 0.328 e. The minimum Gasteiger partial charge on any atom is -0.478 e. The van der Waals surface area contributed by atoms with Crippen LogP contribution >= 0.6 is 0 Å². The number of carboxylic acid groups (broad SMARTS) is 2. The lowest BCUT2D eigenvalue weighted by molar-refractivity contribution is -0.134. The molecule has 2 aromatic rings. The zero-order valence-corrected chi connectivity index (χ0v) is 18.1. The third-order valence-corrected chi connectivity index (χ3v) is 5.55. The maximum Gasteiger partial charge on any atom is 0.328 e. The van der Waals surface area contributed by atoms with E-state index in [1.807, 2.05) is 23.2 Å². The topological polar surface area (TPSA) is 111 Å². The Labute approximate surface area is 194 Å². The Morgan fingerprint density at radius 3 is 2.32 bits per heavy atom. The summed E-state index contributed by atoms with van der Waals surface area (Å²) in [5.74, 6) is -2.24. The van der Waals surface area contributed by atoms with Crippen LogP contribution in [-0.4, -0.2) is 57.7 Å². The van der Waals surface area contributed by atoms with Gasteiger partial charge in [-0.3, -0.25) is 9.88 Å². The van der Waals surface area contributed by atoms with Crippen molar-refractivity contribution in [2.75, 3.05) is 24.5 Å². The monoisotopic (exact) mass is 471 g/mol. The maximum atomic E-state index is 13.2. The normalized spacial score (nSPS) is 17.1. The molecule has 178 valence electrons. The van der Waals surface area contributed by atoms with E-state index in [1.54, 1.807) is 35.4 Å². The number of hydrogen-bond acceptors (Lipinski definition) is 4. The summed E-state index contributed by atoms with van der Waals surface area (Å²) in [6, 6.07) is 10.7.